The highest BCUT2D eigenvalue weighted by Gasteiger charge is 2.12. The van der Waals surface area contributed by atoms with Gasteiger partial charge in [-0.15, -0.1) is 0 Å². The van der Waals surface area contributed by atoms with E-state index >= 15 is 0 Å². The van der Waals surface area contributed by atoms with Crippen molar-refractivity contribution in [3.63, 3.8) is 0 Å². The van der Waals surface area contributed by atoms with Crippen LogP contribution in [0, 0.1) is 0 Å². The third kappa shape index (κ3) is 8.85. The van der Waals surface area contributed by atoms with Crippen molar-refractivity contribution in [1.82, 2.24) is 10.0 Å². The van der Waals surface area contributed by atoms with E-state index in [0.717, 1.165) is 12.8 Å². The van der Waals surface area contributed by atoms with Crippen molar-refractivity contribution in [2.75, 3.05) is 26.3 Å². The Morgan fingerprint density at radius 3 is 2.44 bits per heavy atom. The number of hydrogen-bond donors (Lipinski definition) is 2. The topological polar surface area (TPSA) is 93.7 Å². The van der Waals surface area contributed by atoms with Gasteiger partial charge in [-0.1, -0.05) is 6.92 Å². The van der Waals surface area contributed by atoms with Crippen LogP contribution in [0.5, 0.6) is 5.75 Å². The van der Waals surface area contributed by atoms with Crippen molar-refractivity contribution in [2.24, 2.45) is 0 Å². The van der Waals surface area contributed by atoms with E-state index in [4.69, 9.17) is 9.47 Å². The summed E-state index contributed by atoms with van der Waals surface area (Å²) in [6.45, 7) is 7.21. The number of nitrogens with one attached hydrogen (secondary N) is 2. The predicted octanol–water partition coefficient (Wildman–Crippen LogP) is 1.68. The number of benzene rings is 1. The van der Waals surface area contributed by atoms with Gasteiger partial charge in [0.1, 0.15) is 5.75 Å². The van der Waals surface area contributed by atoms with Crippen LogP contribution in [-0.2, 0) is 19.6 Å². The maximum Gasteiger partial charge on any atom is 0.257 e. The van der Waals surface area contributed by atoms with Gasteiger partial charge >= 0.3 is 0 Å². The summed E-state index contributed by atoms with van der Waals surface area (Å²) in [5, 5.41) is 2.74. The second-order valence-corrected chi connectivity index (χ2v) is 7.55. The molecule has 0 aliphatic carbocycles. The Balaban J connectivity index is 2.34. The zero-order valence-electron chi connectivity index (χ0n) is 15.1. The summed E-state index contributed by atoms with van der Waals surface area (Å²) in [4.78, 5) is 11.8. The highest BCUT2D eigenvalue weighted by molar-refractivity contribution is 7.89. The minimum absolute atomic E-state index is 0.120. The van der Waals surface area contributed by atoms with Crippen molar-refractivity contribution in [3.8, 4) is 5.75 Å². The average Bonchev–Trinajstić information content (AvgIpc) is 2.58. The molecule has 0 aliphatic heterocycles. The standard InChI is InChI=1S/C17H28N2O5S/c1-4-10-19-25(21,22)16-8-6-15(7-9-16)24-13-17(20)18-11-5-12-23-14(2)3/h6-9,14,19H,4-5,10-13H2,1-3H3,(H,18,20). The molecule has 0 aliphatic rings. The molecule has 0 atom stereocenters. The van der Waals surface area contributed by atoms with Crippen LogP contribution >= 0.6 is 0 Å². The zero-order valence-corrected chi connectivity index (χ0v) is 15.9. The summed E-state index contributed by atoms with van der Waals surface area (Å²) in [5.41, 5.74) is 0. The lowest BCUT2D eigenvalue weighted by atomic mass is 10.3. The van der Waals surface area contributed by atoms with Gasteiger partial charge in [-0.2, -0.15) is 0 Å². The molecular formula is C17H28N2O5S. The molecule has 142 valence electrons. The Labute approximate surface area is 150 Å². The third-order valence-corrected chi connectivity index (χ3v) is 4.62. The molecule has 0 spiro atoms. The fraction of sp³-hybridized carbons (Fsp3) is 0.588. The van der Waals surface area contributed by atoms with Crippen molar-refractivity contribution < 1.29 is 22.7 Å². The number of rotatable bonds is 12. The minimum atomic E-state index is -3.49. The molecule has 1 aromatic carbocycles. The lowest BCUT2D eigenvalue weighted by molar-refractivity contribution is -0.123. The molecular weight excluding hydrogens is 344 g/mol. The van der Waals surface area contributed by atoms with Crippen LogP contribution in [0.4, 0.5) is 0 Å². The first kappa shape index (κ1) is 21.4. The van der Waals surface area contributed by atoms with Gasteiger partial charge in [0, 0.05) is 19.7 Å². The van der Waals surface area contributed by atoms with Crippen molar-refractivity contribution in [2.45, 2.75) is 44.6 Å². The molecule has 0 saturated carbocycles. The molecule has 0 fully saturated rings. The Kier molecular flexibility index (Phi) is 9.48. The highest BCUT2D eigenvalue weighted by Crippen LogP contribution is 2.15. The molecule has 0 bridgehead atoms. The largest absolute Gasteiger partial charge is 0.484 e. The van der Waals surface area contributed by atoms with E-state index in [9.17, 15) is 13.2 Å². The second kappa shape index (κ2) is 11.1. The second-order valence-electron chi connectivity index (χ2n) is 5.78. The summed E-state index contributed by atoms with van der Waals surface area (Å²) in [6.07, 6.45) is 1.64. The van der Waals surface area contributed by atoms with E-state index in [-0.39, 0.29) is 23.5 Å². The van der Waals surface area contributed by atoms with Gasteiger partial charge in [0.25, 0.3) is 5.91 Å². The molecule has 2 N–H and O–H groups in total. The normalized spacial score (nSPS) is 11.5. The number of carbonyl (C=O) groups excluding carboxylic acids is 1. The van der Waals surface area contributed by atoms with Crippen molar-refractivity contribution >= 4 is 15.9 Å². The van der Waals surface area contributed by atoms with E-state index in [2.05, 4.69) is 10.0 Å². The Morgan fingerprint density at radius 1 is 1.16 bits per heavy atom. The van der Waals surface area contributed by atoms with Crippen LogP contribution in [0.25, 0.3) is 0 Å². The fourth-order valence-corrected chi connectivity index (χ4v) is 2.99. The van der Waals surface area contributed by atoms with Gasteiger partial charge in [0.05, 0.1) is 11.0 Å². The first-order chi connectivity index (χ1) is 11.8. The molecule has 1 rings (SSSR count). The van der Waals surface area contributed by atoms with Crippen molar-refractivity contribution in [3.05, 3.63) is 24.3 Å². The molecule has 8 heteroatoms. The van der Waals surface area contributed by atoms with Gasteiger partial charge in [-0.05, 0) is 51.0 Å². The summed E-state index contributed by atoms with van der Waals surface area (Å²) >= 11 is 0. The maximum atomic E-state index is 12.0. The number of hydrogen-bond acceptors (Lipinski definition) is 5. The van der Waals surface area contributed by atoms with Gasteiger partial charge in [0.2, 0.25) is 10.0 Å². The van der Waals surface area contributed by atoms with E-state index in [1.807, 2.05) is 20.8 Å². The fourth-order valence-electron chi connectivity index (χ4n) is 1.85. The molecule has 7 nitrogen and oxygen atoms in total. The predicted molar refractivity (Wildman–Crippen MR) is 96.1 cm³/mol. The van der Waals surface area contributed by atoms with Crippen LogP contribution in [0.1, 0.15) is 33.6 Å². The Morgan fingerprint density at radius 2 is 1.84 bits per heavy atom. The molecule has 0 heterocycles. The van der Waals surface area contributed by atoms with Crippen LogP contribution in [0.2, 0.25) is 0 Å². The number of sulfonamides is 1. The summed E-state index contributed by atoms with van der Waals surface area (Å²) in [6, 6.07) is 5.97. The Hall–Kier alpha value is -1.64. The van der Waals surface area contributed by atoms with E-state index in [1.54, 1.807) is 0 Å². The monoisotopic (exact) mass is 372 g/mol. The van der Waals surface area contributed by atoms with Crippen LogP contribution in [0.3, 0.4) is 0 Å². The lowest BCUT2D eigenvalue weighted by Gasteiger charge is -2.10. The van der Waals surface area contributed by atoms with Crippen LogP contribution < -0.4 is 14.8 Å². The number of ether oxygens (including phenoxy) is 2. The van der Waals surface area contributed by atoms with E-state index < -0.39 is 10.0 Å². The van der Waals surface area contributed by atoms with Gasteiger partial charge < -0.3 is 14.8 Å². The summed E-state index contributed by atoms with van der Waals surface area (Å²) < 4.78 is 37.1. The Bertz CT molecular complexity index is 614. The maximum absolute atomic E-state index is 12.0. The summed E-state index contributed by atoms with van der Waals surface area (Å²) in [5.74, 6) is 0.207. The SMILES string of the molecule is CCCNS(=O)(=O)c1ccc(OCC(=O)NCCCOC(C)C)cc1. The van der Waals surface area contributed by atoms with Crippen LogP contribution in [0.15, 0.2) is 29.2 Å². The average molecular weight is 372 g/mol. The molecule has 0 radical (unpaired) electrons. The molecule has 25 heavy (non-hydrogen) atoms. The van der Waals surface area contributed by atoms with Gasteiger partial charge in [-0.3, -0.25) is 4.79 Å². The van der Waals surface area contributed by atoms with Gasteiger partial charge in [-0.25, -0.2) is 13.1 Å². The van der Waals surface area contributed by atoms with E-state index in [1.165, 1.54) is 24.3 Å². The van der Waals surface area contributed by atoms with E-state index in [0.29, 0.717) is 25.4 Å². The summed E-state index contributed by atoms with van der Waals surface area (Å²) in [7, 11) is -3.49. The third-order valence-electron chi connectivity index (χ3n) is 3.14. The quantitative estimate of drug-likeness (QED) is 0.545. The lowest BCUT2D eigenvalue weighted by Crippen LogP contribution is -2.30. The molecule has 0 aromatic heterocycles. The molecule has 0 unspecified atom stereocenters. The smallest absolute Gasteiger partial charge is 0.257 e. The highest BCUT2D eigenvalue weighted by atomic mass is 32.2. The minimum Gasteiger partial charge on any atom is -0.484 e. The van der Waals surface area contributed by atoms with Gasteiger partial charge in [0.15, 0.2) is 6.61 Å². The number of amides is 1. The first-order valence-corrected chi connectivity index (χ1v) is 9.94. The first-order valence-electron chi connectivity index (χ1n) is 8.46. The molecule has 1 amide bonds. The molecule has 0 saturated heterocycles. The van der Waals surface area contributed by atoms with Crippen LogP contribution in [-0.4, -0.2) is 46.7 Å². The zero-order chi connectivity index (χ0) is 18.7. The van der Waals surface area contributed by atoms with Crippen molar-refractivity contribution in [1.29, 1.82) is 0 Å². The number of carbonyl (C=O) groups is 1. The molecule has 1 aromatic rings.